The fourth-order valence-electron chi connectivity index (χ4n) is 5.48. The van der Waals surface area contributed by atoms with Crippen molar-refractivity contribution in [1.82, 2.24) is 4.57 Å². The molecule has 0 spiro atoms. The summed E-state index contributed by atoms with van der Waals surface area (Å²) in [6.07, 6.45) is 1.48. The number of carbonyl (C=O) groups is 2. The fraction of sp³-hybridized carbons (Fsp3) is 0.176. The molecule has 6 rings (SSSR count). The highest BCUT2D eigenvalue weighted by Gasteiger charge is 2.37. The average Bonchev–Trinajstić information content (AvgIpc) is 3.48. The highest BCUT2D eigenvalue weighted by molar-refractivity contribution is 7.07. The molecule has 1 aromatic heterocycles. The maximum absolute atomic E-state index is 14.4. The van der Waals surface area contributed by atoms with E-state index < -0.39 is 17.6 Å². The average molecular weight is 592 g/mol. The Kier molecular flexibility index (Phi) is 7.41. The molecule has 0 fully saturated rings. The van der Waals surface area contributed by atoms with Crippen molar-refractivity contribution < 1.29 is 19.1 Å². The summed E-state index contributed by atoms with van der Waals surface area (Å²) >= 11 is 1.15. The fourth-order valence-corrected chi connectivity index (χ4v) is 6.62. The van der Waals surface area contributed by atoms with Gasteiger partial charge in [-0.1, -0.05) is 84.2 Å². The molecule has 1 atom stereocenters. The first-order chi connectivity index (χ1) is 20.8. The van der Waals surface area contributed by atoms with Crippen LogP contribution in [0.25, 0.3) is 5.57 Å². The number of para-hydroxylation sites is 1. The topological polar surface area (TPSA) is 90.2 Å². The molecule has 3 heterocycles. The number of aryl methyl sites for hydroxylation is 1. The van der Waals surface area contributed by atoms with Gasteiger partial charge in [0.2, 0.25) is 0 Å². The summed E-state index contributed by atoms with van der Waals surface area (Å²) in [6.45, 7) is 7.75. The molecule has 0 radical (unpaired) electrons. The van der Waals surface area contributed by atoms with Crippen LogP contribution in [0, 0.1) is 6.92 Å². The Morgan fingerprint density at radius 1 is 1.02 bits per heavy atom. The lowest BCUT2D eigenvalue weighted by Crippen LogP contribution is -2.41. The molecular weight excluding hydrogens is 562 g/mol. The lowest BCUT2D eigenvalue weighted by molar-refractivity contribution is -0.138. The van der Waals surface area contributed by atoms with Gasteiger partial charge in [-0.25, -0.2) is 9.79 Å². The molecule has 1 unspecified atom stereocenters. The Balaban J connectivity index is 1.55. The van der Waals surface area contributed by atoms with Gasteiger partial charge in [0, 0.05) is 5.56 Å². The third kappa shape index (κ3) is 4.91. The molecule has 0 saturated heterocycles. The third-order valence-electron chi connectivity index (χ3n) is 7.59. The largest absolute Gasteiger partial charge is 0.497 e. The van der Waals surface area contributed by atoms with E-state index >= 15 is 0 Å². The van der Waals surface area contributed by atoms with Crippen LogP contribution >= 0.6 is 11.3 Å². The van der Waals surface area contributed by atoms with Crippen molar-refractivity contribution in [2.24, 2.45) is 4.99 Å². The highest BCUT2D eigenvalue weighted by Crippen LogP contribution is 2.37. The van der Waals surface area contributed by atoms with Gasteiger partial charge in [-0.3, -0.25) is 14.2 Å². The molecule has 3 aromatic carbocycles. The molecule has 0 bridgehead atoms. The van der Waals surface area contributed by atoms with Crippen molar-refractivity contribution in [3.05, 3.63) is 139 Å². The first kappa shape index (κ1) is 28.1. The Hall–Kier alpha value is -5.02. The first-order valence-corrected chi connectivity index (χ1v) is 14.6. The number of amides is 1. The van der Waals surface area contributed by atoms with Crippen LogP contribution in [0.15, 0.2) is 107 Å². The van der Waals surface area contributed by atoms with Crippen LogP contribution in [0.2, 0.25) is 0 Å². The Bertz CT molecular complexity index is 1980. The van der Waals surface area contributed by atoms with Crippen LogP contribution in [0.4, 0.5) is 5.69 Å². The number of benzene rings is 3. The summed E-state index contributed by atoms with van der Waals surface area (Å²) in [5.74, 6) is -0.211. The van der Waals surface area contributed by atoms with E-state index in [-0.39, 0.29) is 22.6 Å². The third-order valence-corrected chi connectivity index (χ3v) is 8.65. The molecule has 43 heavy (non-hydrogen) atoms. The predicted molar refractivity (Wildman–Crippen MR) is 166 cm³/mol. The number of nitrogens with zero attached hydrogens (tertiary/aromatic N) is 3. The molecule has 8 nitrogen and oxygen atoms in total. The maximum atomic E-state index is 14.4. The molecule has 4 aromatic rings. The van der Waals surface area contributed by atoms with E-state index in [1.54, 1.807) is 31.1 Å². The SMILES string of the molecule is C=CCOC(=O)C1=C(C)N=c2s/c(=C3\C(=O)N(Cc4ccc(C)cc4)c4ccccc43)c(=O)n2C1c1ccc(OC)cc1. The monoisotopic (exact) mass is 591 g/mol. The number of hydrogen-bond acceptors (Lipinski definition) is 7. The number of methoxy groups -OCH3 is 1. The van der Waals surface area contributed by atoms with Gasteiger partial charge in [0.1, 0.15) is 16.9 Å². The van der Waals surface area contributed by atoms with E-state index in [0.29, 0.717) is 39.5 Å². The summed E-state index contributed by atoms with van der Waals surface area (Å²) in [7, 11) is 1.57. The number of anilines is 1. The number of esters is 1. The van der Waals surface area contributed by atoms with Crippen molar-refractivity contribution in [2.75, 3.05) is 18.6 Å². The van der Waals surface area contributed by atoms with E-state index in [9.17, 15) is 14.4 Å². The summed E-state index contributed by atoms with van der Waals surface area (Å²) in [5, 5.41) is 0. The summed E-state index contributed by atoms with van der Waals surface area (Å²) in [4.78, 5) is 48.5. The van der Waals surface area contributed by atoms with E-state index in [0.717, 1.165) is 28.2 Å². The molecular formula is C34H29N3O5S. The Morgan fingerprint density at radius 2 is 1.74 bits per heavy atom. The maximum Gasteiger partial charge on any atom is 0.338 e. The molecule has 0 N–H and O–H groups in total. The Labute approximate surface area is 252 Å². The predicted octanol–water partition coefficient (Wildman–Crippen LogP) is 4.20. The number of allylic oxidation sites excluding steroid dienone is 1. The molecule has 2 aliphatic heterocycles. The molecule has 0 saturated carbocycles. The van der Waals surface area contributed by atoms with Crippen molar-refractivity contribution in [1.29, 1.82) is 0 Å². The van der Waals surface area contributed by atoms with Crippen molar-refractivity contribution in [2.45, 2.75) is 26.4 Å². The molecule has 216 valence electrons. The van der Waals surface area contributed by atoms with Gasteiger partial charge in [-0.2, -0.15) is 0 Å². The van der Waals surface area contributed by atoms with Crippen LogP contribution in [-0.4, -0.2) is 30.2 Å². The molecule has 9 heteroatoms. The zero-order valence-corrected chi connectivity index (χ0v) is 24.8. The van der Waals surface area contributed by atoms with Gasteiger partial charge in [-0.15, -0.1) is 0 Å². The summed E-state index contributed by atoms with van der Waals surface area (Å²) in [6, 6.07) is 21.9. The van der Waals surface area contributed by atoms with Crippen LogP contribution in [0.3, 0.4) is 0 Å². The van der Waals surface area contributed by atoms with Gasteiger partial charge in [0.05, 0.1) is 42.2 Å². The van der Waals surface area contributed by atoms with E-state index in [1.165, 1.54) is 10.6 Å². The zero-order chi connectivity index (χ0) is 30.2. The second kappa shape index (κ2) is 11.3. The van der Waals surface area contributed by atoms with Gasteiger partial charge in [0.15, 0.2) is 4.80 Å². The minimum absolute atomic E-state index is 0.0155. The number of thiazole rings is 1. The zero-order valence-electron chi connectivity index (χ0n) is 24.0. The second-order valence-electron chi connectivity index (χ2n) is 10.3. The van der Waals surface area contributed by atoms with E-state index in [2.05, 4.69) is 11.6 Å². The van der Waals surface area contributed by atoms with Gasteiger partial charge in [0.25, 0.3) is 11.5 Å². The number of carbonyl (C=O) groups excluding carboxylic acids is 2. The van der Waals surface area contributed by atoms with Crippen molar-refractivity contribution in [3.8, 4) is 5.75 Å². The first-order valence-electron chi connectivity index (χ1n) is 13.8. The normalized spacial score (nSPS) is 16.9. The molecule has 1 amide bonds. The van der Waals surface area contributed by atoms with Crippen LogP contribution < -0.4 is 24.5 Å². The lowest BCUT2D eigenvalue weighted by atomic mass is 9.96. The number of fused-ring (bicyclic) bond motifs is 2. The van der Waals surface area contributed by atoms with Crippen LogP contribution in [0.5, 0.6) is 5.75 Å². The standard InChI is InChI=1S/C34H29N3O5S/c1-5-18-42-33(40)27-21(3)35-34-37(29(27)23-14-16-24(41-4)17-15-23)32(39)30(43-34)28-25-8-6-7-9-26(25)36(31(28)38)19-22-12-10-20(2)11-13-22/h5-17,29H,1,18-19H2,2-4H3/b30-28-. The molecule has 0 aliphatic carbocycles. The van der Waals surface area contributed by atoms with Crippen molar-refractivity contribution in [3.63, 3.8) is 0 Å². The number of aromatic nitrogens is 1. The van der Waals surface area contributed by atoms with Crippen molar-refractivity contribution >= 4 is 34.5 Å². The summed E-state index contributed by atoms with van der Waals surface area (Å²) in [5.41, 5.74) is 4.83. The molecule has 2 aliphatic rings. The van der Waals surface area contributed by atoms with Gasteiger partial charge in [-0.05, 0) is 43.2 Å². The summed E-state index contributed by atoms with van der Waals surface area (Å²) < 4.78 is 12.5. The van der Waals surface area contributed by atoms with E-state index in [4.69, 9.17) is 9.47 Å². The second-order valence-corrected chi connectivity index (χ2v) is 11.3. The minimum atomic E-state index is -0.816. The number of ether oxygens (including phenoxy) is 2. The van der Waals surface area contributed by atoms with E-state index in [1.807, 2.05) is 67.6 Å². The minimum Gasteiger partial charge on any atom is -0.497 e. The van der Waals surface area contributed by atoms with Gasteiger partial charge >= 0.3 is 5.97 Å². The number of hydrogen-bond donors (Lipinski definition) is 0. The number of rotatable bonds is 7. The van der Waals surface area contributed by atoms with Crippen LogP contribution in [-0.2, 0) is 20.9 Å². The lowest BCUT2D eigenvalue weighted by Gasteiger charge is -2.24. The smallest absolute Gasteiger partial charge is 0.338 e. The highest BCUT2D eigenvalue weighted by atomic mass is 32.1. The Morgan fingerprint density at radius 3 is 2.44 bits per heavy atom. The van der Waals surface area contributed by atoms with Crippen LogP contribution in [0.1, 0.15) is 35.2 Å². The van der Waals surface area contributed by atoms with Gasteiger partial charge < -0.3 is 14.4 Å². The quantitative estimate of drug-likeness (QED) is 0.238.